The third kappa shape index (κ3) is 1.54. The van der Waals surface area contributed by atoms with Gasteiger partial charge in [-0.05, 0) is 13.0 Å². The zero-order chi connectivity index (χ0) is 12.7. The van der Waals surface area contributed by atoms with Crippen LogP contribution < -0.4 is 5.73 Å². The highest BCUT2D eigenvalue weighted by atomic mass is 19.1. The minimum atomic E-state index is -0.658. The van der Waals surface area contributed by atoms with Gasteiger partial charge >= 0.3 is 0 Å². The molecule has 3 N–H and O–H groups in total. The molecule has 0 aliphatic heterocycles. The topological polar surface area (TPSA) is 106 Å². The molecular formula is C10H8FN7. The van der Waals surface area contributed by atoms with E-state index in [4.69, 9.17) is 5.73 Å². The standard InChI is InChI=1S/C10H8FN7/c1-4-2-5-7(16-18-9(5)17-15-4)10-13-3-6(11)8(12)14-10/h2-3H,1H3,(H2,12,13,14)(H,16,17,18). The number of H-pyrrole nitrogens is 1. The van der Waals surface area contributed by atoms with Crippen LogP contribution in [0, 0.1) is 12.7 Å². The number of hydrogen-bond acceptors (Lipinski definition) is 6. The Morgan fingerprint density at radius 3 is 2.94 bits per heavy atom. The minimum Gasteiger partial charge on any atom is -0.381 e. The average molecular weight is 245 g/mol. The molecule has 0 amide bonds. The zero-order valence-electron chi connectivity index (χ0n) is 9.35. The molecule has 8 heteroatoms. The zero-order valence-corrected chi connectivity index (χ0v) is 9.35. The van der Waals surface area contributed by atoms with Crippen molar-refractivity contribution in [3.63, 3.8) is 0 Å². The maximum Gasteiger partial charge on any atom is 0.183 e. The lowest BCUT2D eigenvalue weighted by Gasteiger charge is -1.99. The van der Waals surface area contributed by atoms with Crippen molar-refractivity contribution >= 4 is 16.9 Å². The van der Waals surface area contributed by atoms with Crippen LogP contribution in [0.1, 0.15) is 5.69 Å². The van der Waals surface area contributed by atoms with Crippen molar-refractivity contribution in [3.8, 4) is 11.5 Å². The summed E-state index contributed by atoms with van der Waals surface area (Å²) in [6.45, 7) is 1.81. The molecule has 0 spiro atoms. The lowest BCUT2D eigenvalue weighted by molar-refractivity contribution is 0.620. The molecule has 0 atom stereocenters. The fourth-order valence-corrected chi connectivity index (χ4v) is 1.59. The fraction of sp³-hybridized carbons (Fsp3) is 0.100. The molecule has 0 aliphatic carbocycles. The number of anilines is 1. The molecule has 3 heterocycles. The molecule has 0 saturated heterocycles. The van der Waals surface area contributed by atoms with Gasteiger partial charge in [0, 0.05) is 0 Å². The second-order valence-corrected chi connectivity index (χ2v) is 3.75. The number of nitrogens with zero attached hydrogens (tertiary/aromatic N) is 5. The third-order valence-corrected chi connectivity index (χ3v) is 2.43. The molecule has 0 saturated carbocycles. The Kier molecular flexibility index (Phi) is 2.15. The molecule has 0 bridgehead atoms. The van der Waals surface area contributed by atoms with E-state index in [2.05, 4.69) is 30.4 Å². The number of nitrogen functional groups attached to an aromatic ring is 1. The Balaban J connectivity index is 2.24. The molecule has 0 unspecified atom stereocenters. The first-order valence-corrected chi connectivity index (χ1v) is 5.12. The number of halogens is 1. The summed E-state index contributed by atoms with van der Waals surface area (Å²) in [7, 11) is 0. The van der Waals surface area contributed by atoms with E-state index in [0.29, 0.717) is 16.7 Å². The second-order valence-electron chi connectivity index (χ2n) is 3.75. The van der Waals surface area contributed by atoms with Crippen molar-refractivity contribution in [1.29, 1.82) is 0 Å². The number of fused-ring (bicyclic) bond motifs is 1. The number of aromatic nitrogens is 6. The van der Waals surface area contributed by atoms with Crippen LogP contribution in [0.15, 0.2) is 12.3 Å². The van der Waals surface area contributed by atoms with Gasteiger partial charge in [-0.1, -0.05) is 0 Å². The summed E-state index contributed by atoms with van der Waals surface area (Å²) in [5.74, 6) is -0.628. The van der Waals surface area contributed by atoms with Crippen LogP contribution in [-0.4, -0.2) is 30.4 Å². The molecule has 0 radical (unpaired) electrons. The number of nitrogens with two attached hydrogens (primary N) is 1. The third-order valence-electron chi connectivity index (χ3n) is 2.43. The van der Waals surface area contributed by atoms with Gasteiger partial charge in [0.1, 0.15) is 5.69 Å². The van der Waals surface area contributed by atoms with Gasteiger partial charge < -0.3 is 5.73 Å². The van der Waals surface area contributed by atoms with Gasteiger partial charge in [-0.15, -0.1) is 5.10 Å². The summed E-state index contributed by atoms with van der Waals surface area (Å²) in [4.78, 5) is 7.72. The van der Waals surface area contributed by atoms with Crippen molar-refractivity contribution < 1.29 is 4.39 Å². The first kappa shape index (κ1) is 10.5. The van der Waals surface area contributed by atoms with E-state index in [0.717, 1.165) is 11.9 Å². The van der Waals surface area contributed by atoms with Gasteiger partial charge in [0.2, 0.25) is 0 Å². The number of aryl methyl sites for hydroxylation is 1. The van der Waals surface area contributed by atoms with Gasteiger partial charge in [0.05, 0.1) is 17.3 Å². The summed E-state index contributed by atoms with van der Waals surface area (Å²) in [6.07, 6.45) is 1.01. The maximum absolute atomic E-state index is 13.0. The normalized spacial score (nSPS) is 11.0. The molecular weight excluding hydrogens is 237 g/mol. The van der Waals surface area contributed by atoms with Gasteiger partial charge in [-0.3, -0.25) is 5.10 Å². The average Bonchev–Trinajstić information content (AvgIpc) is 2.75. The molecule has 18 heavy (non-hydrogen) atoms. The van der Waals surface area contributed by atoms with Gasteiger partial charge in [-0.2, -0.15) is 10.2 Å². The Bertz CT molecular complexity index is 736. The second kappa shape index (κ2) is 3.69. The highest BCUT2D eigenvalue weighted by Gasteiger charge is 2.14. The molecule has 0 aromatic carbocycles. The Morgan fingerprint density at radius 2 is 2.17 bits per heavy atom. The number of aromatic amines is 1. The highest BCUT2D eigenvalue weighted by Crippen LogP contribution is 2.23. The monoisotopic (exact) mass is 245 g/mol. The largest absolute Gasteiger partial charge is 0.381 e. The lowest BCUT2D eigenvalue weighted by atomic mass is 10.2. The molecule has 3 aromatic heterocycles. The molecule has 3 rings (SSSR count). The van der Waals surface area contributed by atoms with E-state index < -0.39 is 5.82 Å². The Morgan fingerprint density at radius 1 is 1.33 bits per heavy atom. The molecule has 90 valence electrons. The fourth-order valence-electron chi connectivity index (χ4n) is 1.59. The predicted octanol–water partition coefficient (Wildman–Crippen LogP) is 0.840. The number of hydrogen-bond donors (Lipinski definition) is 2. The molecule has 7 nitrogen and oxygen atoms in total. The van der Waals surface area contributed by atoms with Crippen molar-refractivity contribution in [1.82, 2.24) is 30.4 Å². The summed E-state index contributed by atoms with van der Waals surface area (Å²) < 4.78 is 13.0. The predicted molar refractivity (Wildman–Crippen MR) is 61.8 cm³/mol. The Labute approximate surface area is 100 Å². The van der Waals surface area contributed by atoms with Crippen molar-refractivity contribution in [2.75, 3.05) is 5.73 Å². The van der Waals surface area contributed by atoms with Gasteiger partial charge in [0.15, 0.2) is 23.1 Å². The molecule has 0 fully saturated rings. The van der Waals surface area contributed by atoms with Crippen LogP contribution in [0.5, 0.6) is 0 Å². The van der Waals surface area contributed by atoms with E-state index in [9.17, 15) is 4.39 Å². The van der Waals surface area contributed by atoms with Crippen LogP contribution in [0.25, 0.3) is 22.6 Å². The number of nitrogens with one attached hydrogen (secondary N) is 1. The first-order chi connectivity index (χ1) is 8.65. The maximum atomic E-state index is 13.0. The molecule has 0 aliphatic rings. The van der Waals surface area contributed by atoms with Crippen LogP contribution in [0.3, 0.4) is 0 Å². The summed E-state index contributed by atoms with van der Waals surface area (Å²) >= 11 is 0. The van der Waals surface area contributed by atoms with Crippen molar-refractivity contribution in [2.45, 2.75) is 6.92 Å². The minimum absolute atomic E-state index is 0.213. The Hall–Kier alpha value is -2.64. The van der Waals surface area contributed by atoms with Crippen LogP contribution in [0.4, 0.5) is 10.2 Å². The first-order valence-electron chi connectivity index (χ1n) is 5.12. The summed E-state index contributed by atoms with van der Waals surface area (Å²) in [5, 5.41) is 15.3. The lowest BCUT2D eigenvalue weighted by Crippen LogP contribution is -1.99. The van der Waals surface area contributed by atoms with Gasteiger partial charge in [-0.25, -0.2) is 14.4 Å². The van der Waals surface area contributed by atoms with Crippen LogP contribution >= 0.6 is 0 Å². The van der Waals surface area contributed by atoms with E-state index in [1.807, 2.05) is 6.92 Å². The van der Waals surface area contributed by atoms with E-state index in [-0.39, 0.29) is 11.6 Å². The quantitative estimate of drug-likeness (QED) is 0.658. The van der Waals surface area contributed by atoms with E-state index in [1.54, 1.807) is 6.07 Å². The van der Waals surface area contributed by atoms with E-state index >= 15 is 0 Å². The SMILES string of the molecule is Cc1cc2c(-c3ncc(F)c(N)n3)n[nH]c2nn1. The smallest absolute Gasteiger partial charge is 0.183 e. The van der Waals surface area contributed by atoms with Crippen molar-refractivity contribution in [3.05, 3.63) is 23.8 Å². The van der Waals surface area contributed by atoms with Crippen LogP contribution in [-0.2, 0) is 0 Å². The summed E-state index contributed by atoms with van der Waals surface area (Å²) in [5.41, 5.74) is 7.13. The molecule has 3 aromatic rings. The number of rotatable bonds is 1. The van der Waals surface area contributed by atoms with Crippen molar-refractivity contribution in [2.24, 2.45) is 0 Å². The summed E-state index contributed by atoms with van der Waals surface area (Å²) in [6, 6.07) is 1.80. The van der Waals surface area contributed by atoms with E-state index in [1.165, 1.54) is 0 Å². The van der Waals surface area contributed by atoms with Gasteiger partial charge in [0.25, 0.3) is 0 Å². The van der Waals surface area contributed by atoms with Crippen LogP contribution in [0.2, 0.25) is 0 Å². The highest BCUT2D eigenvalue weighted by molar-refractivity contribution is 5.88.